The number of benzene rings is 1. The van der Waals surface area contributed by atoms with Gasteiger partial charge < -0.3 is 10.1 Å². The minimum atomic E-state index is 0.321. The fourth-order valence-electron chi connectivity index (χ4n) is 3.15. The number of hydrogen-bond donors (Lipinski definition) is 1. The first kappa shape index (κ1) is 16.1. The summed E-state index contributed by atoms with van der Waals surface area (Å²) in [5, 5.41) is 5.12. The van der Waals surface area contributed by atoms with Gasteiger partial charge in [-0.15, -0.1) is 0 Å². The molecule has 0 unspecified atom stereocenters. The summed E-state index contributed by atoms with van der Waals surface area (Å²) >= 11 is 12.4. The maximum Gasteiger partial charge on any atom is 0.0587 e. The Kier molecular flexibility index (Phi) is 6.16. The average Bonchev–Trinajstić information content (AvgIpc) is 2.88. The lowest BCUT2D eigenvalue weighted by Gasteiger charge is -2.30. The van der Waals surface area contributed by atoms with Crippen molar-refractivity contribution in [1.29, 1.82) is 0 Å². The van der Waals surface area contributed by atoms with Crippen molar-refractivity contribution < 1.29 is 4.74 Å². The van der Waals surface area contributed by atoms with Crippen molar-refractivity contribution in [2.45, 2.75) is 32.1 Å². The van der Waals surface area contributed by atoms with Gasteiger partial charge in [0.1, 0.15) is 0 Å². The van der Waals surface area contributed by atoms with Crippen molar-refractivity contribution in [3.8, 4) is 0 Å². The molecule has 1 fully saturated rings. The van der Waals surface area contributed by atoms with Crippen molar-refractivity contribution in [2.75, 3.05) is 26.8 Å². The first-order valence-electron chi connectivity index (χ1n) is 7.29. The standard InChI is InChI=1S/C16H23Cl2NO/c1-20-9-8-19-12-16(6-2-3-7-16)11-13-10-14(17)4-5-15(13)18/h4-5,10,19H,2-3,6-9,11-12H2,1H3. The molecule has 2 rings (SSSR count). The van der Waals surface area contributed by atoms with Gasteiger partial charge in [-0.2, -0.15) is 0 Å². The molecule has 1 aliphatic rings. The largest absolute Gasteiger partial charge is 0.383 e. The molecule has 2 nitrogen and oxygen atoms in total. The Morgan fingerprint density at radius 1 is 1.25 bits per heavy atom. The lowest BCUT2D eigenvalue weighted by molar-refractivity contribution is 0.190. The van der Waals surface area contributed by atoms with Crippen LogP contribution in [0.15, 0.2) is 18.2 Å². The zero-order chi connectivity index (χ0) is 14.4. The van der Waals surface area contributed by atoms with E-state index in [1.54, 1.807) is 7.11 Å². The minimum absolute atomic E-state index is 0.321. The lowest BCUT2D eigenvalue weighted by atomic mass is 9.80. The molecule has 0 aromatic heterocycles. The fourth-order valence-corrected chi connectivity index (χ4v) is 3.53. The third-order valence-corrected chi connectivity index (χ3v) is 4.82. The average molecular weight is 316 g/mol. The van der Waals surface area contributed by atoms with Crippen molar-refractivity contribution in [2.24, 2.45) is 5.41 Å². The first-order valence-corrected chi connectivity index (χ1v) is 8.04. The van der Waals surface area contributed by atoms with Crippen LogP contribution in [0.4, 0.5) is 0 Å². The maximum atomic E-state index is 6.32. The van der Waals surface area contributed by atoms with Gasteiger partial charge in [0.05, 0.1) is 6.61 Å². The Hall–Kier alpha value is -0.280. The van der Waals surface area contributed by atoms with Gasteiger partial charge in [-0.25, -0.2) is 0 Å². The Labute approximate surface area is 131 Å². The summed E-state index contributed by atoms with van der Waals surface area (Å²) in [5.74, 6) is 0. The molecule has 1 aliphatic carbocycles. The highest BCUT2D eigenvalue weighted by Gasteiger charge is 2.34. The highest BCUT2D eigenvalue weighted by Crippen LogP contribution is 2.41. The second-order valence-electron chi connectivity index (χ2n) is 5.79. The van der Waals surface area contributed by atoms with E-state index in [4.69, 9.17) is 27.9 Å². The van der Waals surface area contributed by atoms with E-state index in [-0.39, 0.29) is 0 Å². The van der Waals surface area contributed by atoms with Crippen molar-refractivity contribution in [3.63, 3.8) is 0 Å². The zero-order valence-electron chi connectivity index (χ0n) is 12.1. The number of rotatable bonds is 7. The molecule has 0 heterocycles. The molecule has 112 valence electrons. The van der Waals surface area contributed by atoms with E-state index in [2.05, 4.69) is 5.32 Å². The van der Waals surface area contributed by atoms with E-state index in [0.717, 1.165) is 36.2 Å². The van der Waals surface area contributed by atoms with Crippen LogP contribution < -0.4 is 5.32 Å². The van der Waals surface area contributed by atoms with Gasteiger partial charge in [-0.1, -0.05) is 36.0 Å². The third kappa shape index (κ3) is 4.36. The number of nitrogens with one attached hydrogen (secondary N) is 1. The van der Waals surface area contributed by atoms with Crippen LogP contribution in [0.3, 0.4) is 0 Å². The van der Waals surface area contributed by atoms with Crippen LogP contribution in [0.1, 0.15) is 31.2 Å². The highest BCUT2D eigenvalue weighted by atomic mass is 35.5. The van der Waals surface area contributed by atoms with Gasteiger partial charge in [0.15, 0.2) is 0 Å². The Morgan fingerprint density at radius 3 is 2.70 bits per heavy atom. The molecule has 0 spiro atoms. The SMILES string of the molecule is COCCNCC1(Cc2cc(Cl)ccc2Cl)CCCC1. The molecule has 1 aromatic carbocycles. The van der Waals surface area contributed by atoms with Gasteiger partial charge in [-0.05, 0) is 48.4 Å². The molecule has 20 heavy (non-hydrogen) atoms. The van der Waals surface area contributed by atoms with E-state index in [1.165, 1.54) is 31.2 Å². The molecule has 1 N–H and O–H groups in total. The van der Waals surface area contributed by atoms with E-state index < -0.39 is 0 Å². The van der Waals surface area contributed by atoms with Crippen LogP contribution >= 0.6 is 23.2 Å². The molecule has 4 heteroatoms. The van der Waals surface area contributed by atoms with E-state index in [9.17, 15) is 0 Å². The maximum absolute atomic E-state index is 6.32. The van der Waals surface area contributed by atoms with Crippen LogP contribution in [0.5, 0.6) is 0 Å². The number of methoxy groups -OCH3 is 1. The predicted octanol–water partition coefficient (Wildman–Crippen LogP) is 4.33. The summed E-state index contributed by atoms with van der Waals surface area (Å²) in [4.78, 5) is 0. The second kappa shape index (κ2) is 7.65. The Bertz CT molecular complexity index is 430. The van der Waals surface area contributed by atoms with Crippen LogP contribution in [-0.2, 0) is 11.2 Å². The molecule has 0 saturated heterocycles. The number of hydrogen-bond acceptors (Lipinski definition) is 2. The normalized spacial score (nSPS) is 17.6. The molecule has 0 atom stereocenters. The van der Waals surface area contributed by atoms with E-state index in [1.807, 2.05) is 18.2 Å². The summed E-state index contributed by atoms with van der Waals surface area (Å²) in [5.41, 5.74) is 1.50. The Morgan fingerprint density at radius 2 is 2.00 bits per heavy atom. The van der Waals surface area contributed by atoms with Crippen molar-refractivity contribution in [3.05, 3.63) is 33.8 Å². The van der Waals surface area contributed by atoms with Crippen LogP contribution in [0.2, 0.25) is 10.0 Å². The van der Waals surface area contributed by atoms with Crippen LogP contribution in [0, 0.1) is 5.41 Å². The summed E-state index contributed by atoms with van der Waals surface area (Å²) in [6.07, 6.45) is 6.15. The van der Waals surface area contributed by atoms with Gasteiger partial charge in [-0.3, -0.25) is 0 Å². The first-order chi connectivity index (χ1) is 9.65. The molecule has 0 aliphatic heterocycles. The van der Waals surface area contributed by atoms with E-state index >= 15 is 0 Å². The second-order valence-corrected chi connectivity index (χ2v) is 6.63. The van der Waals surface area contributed by atoms with Gasteiger partial charge in [0.25, 0.3) is 0 Å². The molecule has 0 bridgehead atoms. The summed E-state index contributed by atoms with van der Waals surface area (Å²) in [6, 6.07) is 5.77. The third-order valence-electron chi connectivity index (χ3n) is 4.22. The molecule has 1 saturated carbocycles. The van der Waals surface area contributed by atoms with Crippen molar-refractivity contribution in [1.82, 2.24) is 5.32 Å². The number of halogens is 2. The van der Waals surface area contributed by atoms with Gasteiger partial charge >= 0.3 is 0 Å². The highest BCUT2D eigenvalue weighted by molar-refractivity contribution is 6.33. The predicted molar refractivity (Wildman–Crippen MR) is 85.8 cm³/mol. The fraction of sp³-hybridized carbons (Fsp3) is 0.625. The summed E-state index contributed by atoms with van der Waals surface area (Å²) in [7, 11) is 1.73. The smallest absolute Gasteiger partial charge is 0.0587 e. The monoisotopic (exact) mass is 315 g/mol. The molecule has 0 radical (unpaired) electrons. The quantitative estimate of drug-likeness (QED) is 0.756. The van der Waals surface area contributed by atoms with Crippen molar-refractivity contribution >= 4 is 23.2 Å². The number of ether oxygens (including phenoxy) is 1. The van der Waals surface area contributed by atoms with Gasteiger partial charge in [0.2, 0.25) is 0 Å². The lowest BCUT2D eigenvalue weighted by Crippen LogP contribution is -2.35. The molecule has 0 amide bonds. The molecular formula is C16H23Cl2NO. The van der Waals surface area contributed by atoms with Crippen LogP contribution in [0.25, 0.3) is 0 Å². The minimum Gasteiger partial charge on any atom is -0.383 e. The molecule has 1 aromatic rings. The summed E-state index contributed by atoms with van der Waals surface area (Å²) < 4.78 is 5.09. The summed E-state index contributed by atoms with van der Waals surface area (Å²) in [6.45, 7) is 2.69. The van der Waals surface area contributed by atoms with E-state index in [0.29, 0.717) is 5.41 Å². The topological polar surface area (TPSA) is 21.3 Å². The zero-order valence-corrected chi connectivity index (χ0v) is 13.6. The Balaban J connectivity index is 2.02. The van der Waals surface area contributed by atoms with Gasteiger partial charge in [0, 0.05) is 30.2 Å². The van der Waals surface area contributed by atoms with Crippen LogP contribution in [-0.4, -0.2) is 26.8 Å². The molecular weight excluding hydrogens is 293 g/mol.